The molecule has 0 fully saturated rings. The Hall–Kier alpha value is -2.28. The first-order chi connectivity index (χ1) is 11.9. The van der Waals surface area contributed by atoms with Crippen LogP contribution in [0.1, 0.15) is 20.8 Å². The van der Waals surface area contributed by atoms with Crippen LogP contribution in [0, 0.1) is 0 Å². The molecule has 0 atom stereocenters. The maximum atomic E-state index is 12.2. The minimum absolute atomic E-state index is 0.106. The van der Waals surface area contributed by atoms with E-state index in [1.165, 1.54) is 12.1 Å². The topological polar surface area (TPSA) is 82.2 Å². The lowest BCUT2D eigenvalue weighted by Crippen LogP contribution is -2.11. The van der Waals surface area contributed by atoms with Crippen LogP contribution in [0.4, 0.5) is 5.69 Å². The number of carbonyl (C=O) groups is 1. The van der Waals surface area contributed by atoms with Gasteiger partial charge in [-0.05, 0) is 35.9 Å². The summed E-state index contributed by atoms with van der Waals surface area (Å²) >= 11 is 12.8. The maximum absolute atomic E-state index is 12.2. The molecule has 3 rings (SSSR count). The molecule has 0 aliphatic rings. The first-order valence-electron chi connectivity index (χ1n) is 7.18. The predicted molar refractivity (Wildman–Crippen MR) is 100 cm³/mol. The van der Waals surface area contributed by atoms with Gasteiger partial charge in [0.1, 0.15) is 0 Å². The van der Waals surface area contributed by atoms with Crippen molar-refractivity contribution in [3.63, 3.8) is 0 Å². The molecule has 3 aromatic rings. The number of carbonyl (C=O) groups excluding carboxylic acids is 1. The highest BCUT2D eigenvalue weighted by Gasteiger charge is 2.10. The molecule has 1 amide bonds. The second-order valence-electron chi connectivity index (χ2n) is 5.27. The van der Waals surface area contributed by atoms with Gasteiger partial charge in [-0.1, -0.05) is 46.7 Å². The van der Waals surface area contributed by atoms with Crippen molar-refractivity contribution in [2.75, 3.05) is 5.32 Å². The molecule has 0 aliphatic carbocycles. The number of anilines is 1. The van der Waals surface area contributed by atoms with Crippen molar-refractivity contribution in [1.29, 1.82) is 0 Å². The summed E-state index contributed by atoms with van der Waals surface area (Å²) in [5, 5.41) is 13.1. The molecule has 3 N–H and O–H groups in total. The molecule has 8 heteroatoms. The van der Waals surface area contributed by atoms with Gasteiger partial charge in [-0.3, -0.25) is 14.6 Å². The van der Waals surface area contributed by atoms with Crippen molar-refractivity contribution in [3.05, 3.63) is 78.2 Å². The molecule has 0 unspecified atom stereocenters. The molecule has 0 saturated carbocycles. The van der Waals surface area contributed by atoms with Crippen LogP contribution in [0.25, 0.3) is 0 Å². The van der Waals surface area contributed by atoms with Gasteiger partial charge in [0.15, 0.2) is 0 Å². The van der Waals surface area contributed by atoms with Crippen LogP contribution >= 0.6 is 34.5 Å². The number of rotatable bonds is 4. The van der Waals surface area contributed by atoms with Crippen LogP contribution in [0.15, 0.2) is 47.3 Å². The van der Waals surface area contributed by atoms with Crippen molar-refractivity contribution in [2.45, 2.75) is 6.42 Å². The first-order valence-corrected chi connectivity index (χ1v) is 8.75. The number of hydrogen-bond donors (Lipinski definition) is 3. The molecular weight excluding hydrogens is 383 g/mol. The Morgan fingerprint density at radius 1 is 1.12 bits per heavy atom. The Morgan fingerprint density at radius 3 is 2.32 bits per heavy atom. The lowest BCUT2D eigenvalue weighted by molar-refractivity contribution is 0.102. The van der Waals surface area contributed by atoms with E-state index in [9.17, 15) is 14.7 Å². The lowest BCUT2D eigenvalue weighted by Gasteiger charge is -2.07. The Balaban J connectivity index is 1.71. The summed E-state index contributed by atoms with van der Waals surface area (Å²) in [6.45, 7) is 0. The third kappa shape index (κ3) is 4.42. The van der Waals surface area contributed by atoms with E-state index in [0.717, 1.165) is 16.9 Å². The zero-order valence-corrected chi connectivity index (χ0v) is 15.0. The molecule has 2 aromatic carbocycles. The van der Waals surface area contributed by atoms with Gasteiger partial charge in [0.2, 0.25) is 5.88 Å². The number of aromatic hydroxyl groups is 1. The number of aromatic nitrogens is 1. The largest absolute Gasteiger partial charge is 0.494 e. The third-order valence-corrected chi connectivity index (χ3v) is 4.71. The standard InChI is InChI=1S/C17H12Cl2N2O3S/c18-11-6-10(7-12(19)8-11)15(22)20-13-3-1-9(2-4-13)5-14-16(23)21-17(24)25-14/h1-4,6-8,23H,5H2,(H,20,22)(H,21,24). The van der Waals surface area contributed by atoms with E-state index in [2.05, 4.69) is 10.3 Å². The van der Waals surface area contributed by atoms with Crippen LogP contribution in [0.3, 0.4) is 0 Å². The highest BCUT2D eigenvalue weighted by Crippen LogP contribution is 2.22. The number of hydrogen-bond acceptors (Lipinski definition) is 4. The molecule has 5 nitrogen and oxygen atoms in total. The van der Waals surface area contributed by atoms with E-state index in [1.807, 2.05) is 12.1 Å². The second kappa shape index (κ2) is 7.31. The number of nitrogens with one attached hydrogen (secondary N) is 2. The molecule has 0 aliphatic heterocycles. The van der Waals surface area contributed by atoms with Gasteiger partial charge in [0.05, 0.1) is 4.88 Å². The molecular formula is C17H12Cl2N2O3S. The average Bonchev–Trinajstić information content (AvgIpc) is 2.86. The molecule has 25 heavy (non-hydrogen) atoms. The lowest BCUT2D eigenvalue weighted by atomic mass is 10.1. The van der Waals surface area contributed by atoms with Crippen molar-refractivity contribution < 1.29 is 9.90 Å². The highest BCUT2D eigenvalue weighted by molar-refractivity contribution is 7.09. The Bertz CT molecular complexity index is 960. The summed E-state index contributed by atoms with van der Waals surface area (Å²) in [6, 6.07) is 11.7. The third-order valence-electron chi connectivity index (χ3n) is 3.40. The van der Waals surface area contributed by atoms with Gasteiger partial charge in [0, 0.05) is 27.7 Å². The van der Waals surface area contributed by atoms with Gasteiger partial charge in [-0.15, -0.1) is 0 Å². The zero-order chi connectivity index (χ0) is 18.0. The van der Waals surface area contributed by atoms with E-state index in [1.54, 1.807) is 18.2 Å². The number of halogens is 2. The van der Waals surface area contributed by atoms with Crippen molar-refractivity contribution in [2.24, 2.45) is 0 Å². The normalized spacial score (nSPS) is 10.6. The van der Waals surface area contributed by atoms with Gasteiger partial charge >= 0.3 is 4.87 Å². The first kappa shape index (κ1) is 17.5. The Labute approximate surface area is 156 Å². The minimum atomic E-state index is -0.321. The molecule has 1 heterocycles. The quantitative estimate of drug-likeness (QED) is 0.616. The number of benzene rings is 2. The fourth-order valence-corrected chi connectivity index (χ4v) is 3.54. The Morgan fingerprint density at radius 2 is 1.76 bits per heavy atom. The number of aromatic amines is 1. The van der Waals surface area contributed by atoms with E-state index in [4.69, 9.17) is 23.2 Å². The van der Waals surface area contributed by atoms with E-state index < -0.39 is 0 Å². The SMILES string of the molecule is O=C(Nc1ccc(Cc2sc(=O)[nH]c2O)cc1)c1cc(Cl)cc(Cl)c1. The minimum Gasteiger partial charge on any atom is -0.494 e. The average molecular weight is 395 g/mol. The van der Waals surface area contributed by atoms with Crippen LogP contribution in [-0.4, -0.2) is 16.0 Å². The van der Waals surface area contributed by atoms with E-state index in [0.29, 0.717) is 32.6 Å². The number of amides is 1. The monoisotopic (exact) mass is 394 g/mol. The van der Waals surface area contributed by atoms with Crippen molar-refractivity contribution >= 4 is 46.1 Å². The van der Waals surface area contributed by atoms with Gasteiger partial charge < -0.3 is 10.4 Å². The van der Waals surface area contributed by atoms with Crippen LogP contribution in [0.2, 0.25) is 10.0 Å². The second-order valence-corrected chi connectivity index (χ2v) is 7.21. The van der Waals surface area contributed by atoms with Crippen LogP contribution in [-0.2, 0) is 6.42 Å². The fourth-order valence-electron chi connectivity index (χ4n) is 2.25. The summed E-state index contributed by atoms with van der Waals surface area (Å²) < 4.78 is 0. The van der Waals surface area contributed by atoms with Crippen LogP contribution < -0.4 is 10.2 Å². The Kier molecular flexibility index (Phi) is 5.13. The molecule has 1 aromatic heterocycles. The molecule has 0 bridgehead atoms. The molecule has 0 radical (unpaired) electrons. The molecule has 128 valence electrons. The van der Waals surface area contributed by atoms with Gasteiger partial charge in [-0.2, -0.15) is 0 Å². The zero-order valence-electron chi connectivity index (χ0n) is 12.7. The van der Waals surface area contributed by atoms with E-state index >= 15 is 0 Å². The summed E-state index contributed by atoms with van der Waals surface area (Å²) in [4.78, 5) is 26.0. The summed E-state index contributed by atoms with van der Waals surface area (Å²) in [7, 11) is 0. The van der Waals surface area contributed by atoms with Gasteiger partial charge in [0.25, 0.3) is 5.91 Å². The fraction of sp³-hybridized carbons (Fsp3) is 0.0588. The summed E-state index contributed by atoms with van der Waals surface area (Å²) in [5.74, 6) is -0.427. The molecule has 0 spiro atoms. The number of thiazole rings is 1. The number of H-pyrrole nitrogens is 1. The predicted octanol–water partition coefficient (Wildman–Crippen LogP) is 4.29. The van der Waals surface area contributed by atoms with Crippen molar-refractivity contribution in [1.82, 2.24) is 4.98 Å². The van der Waals surface area contributed by atoms with E-state index in [-0.39, 0.29) is 16.7 Å². The summed E-state index contributed by atoms with van der Waals surface area (Å²) in [6.07, 6.45) is 0.424. The maximum Gasteiger partial charge on any atom is 0.307 e. The molecule has 0 saturated heterocycles. The van der Waals surface area contributed by atoms with Crippen LogP contribution in [0.5, 0.6) is 5.88 Å². The highest BCUT2D eigenvalue weighted by atomic mass is 35.5. The van der Waals surface area contributed by atoms with Gasteiger partial charge in [-0.25, -0.2) is 0 Å². The smallest absolute Gasteiger partial charge is 0.307 e. The van der Waals surface area contributed by atoms with Crippen molar-refractivity contribution in [3.8, 4) is 5.88 Å². The summed E-state index contributed by atoms with van der Waals surface area (Å²) in [5.41, 5.74) is 1.87.